The molecule has 0 amide bonds. The van der Waals surface area contributed by atoms with Gasteiger partial charge in [0.15, 0.2) is 5.65 Å². The van der Waals surface area contributed by atoms with Gasteiger partial charge in [0.05, 0.1) is 33.5 Å². The van der Waals surface area contributed by atoms with Crippen LogP contribution in [-0.2, 0) is 25.9 Å². The normalized spacial score (nSPS) is 12.4. The van der Waals surface area contributed by atoms with Crippen LogP contribution in [0.5, 0.6) is 0 Å². The molecule has 0 bridgehead atoms. The van der Waals surface area contributed by atoms with Crippen LogP contribution in [0.15, 0.2) is 28.8 Å². The lowest BCUT2D eigenvalue weighted by molar-refractivity contribution is 0.0202. The fourth-order valence-electron chi connectivity index (χ4n) is 3.45. The number of rotatable bonds is 5. The lowest BCUT2D eigenvalue weighted by Crippen LogP contribution is -2.25. The fraction of sp³-hybridized carbons (Fsp3) is 0.278. The van der Waals surface area contributed by atoms with E-state index in [1.807, 2.05) is 6.07 Å². The number of hydrogen-bond acceptors (Lipinski definition) is 7. The molecule has 0 saturated carbocycles. The van der Waals surface area contributed by atoms with Crippen molar-refractivity contribution < 1.29 is 8.78 Å². The molecule has 0 spiro atoms. The summed E-state index contributed by atoms with van der Waals surface area (Å²) in [6, 6.07) is 1.89. The number of nitrogens with zero attached hydrogens (tertiary/aromatic N) is 6. The first kappa shape index (κ1) is 19.0. The number of thiazole rings is 2. The molecule has 5 aromatic heterocycles. The highest BCUT2D eigenvalue weighted by atomic mass is 32.1. The van der Waals surface area contributed by atoms with Crippen molar-refractivity contribution in [3.05, 3.63) is 55.6 Å². The summed E-state index contributed by atoms with van der Waals surface area (Å²) in [6.45, 7) is 0.704. The number of halogens is 2. The minimum Gasteiger partial charge on any atom is -0.323 e. The zero-order valence-corrected chi connectivity index (χ0v) is 17.5. The first-order chi connectivity index (χ1) is 14.3. The molecule has 154 valence electrons. The molecule has 0 aromatic carbocycles. The predicted molar refractivity (Wildman–Crippen MR) is 110 cm³/mol. The Balaban J connectivity index is 1.57. The molecule has 1 N–H and O–H groups in total. The molecule has 0 radical (unpaired) electrons. The second kappa shape index (κ2) is 6.77. The zero-order chi connectivity index (χ0) is 21.0. The monoisotopic (exact) mass is 447 g/mol. The molecule has 0 aliphatic rings. The maximum atomic E-state index is 13.8. The van der Waals surface area contributed by atoms with Gasteiger partial charge in [-0.25, -0.2) is 23.4 Å². The van der Waals surface area contributed by atoms with E-state index in [4.69, 9.17) is 0 Å². The van der Waals surface area contributed by atoms with Gasteiger partial charge in [0.2, 0.25) is 0 Å². The van der Waals surface area contributed by atoms with E-state index in [9.17, 15) is 13.6 Å². The fourth-order valence-corrected chi connectivity index (χ4v) is 5.32. The average Bonchev–Trinajstić information content (AvgIpc) is 3.45. The van der Waals surface area contributed by atoms with Gasteiger partial charge in [0.25, 0.3) is 11.5 Å². The van der Waals surface area contributed by atoms with E-state index in [-0.39, 0.29) is 22.7 Å². The molecule has 30 heavy (non-hydrogen) atoms. The van der Waals surface area contributed by atoms with Gasteiger partial charge >= 0.3 is 0 Å². The lowest BCUT2D eigenvalue weighted by atomic mass is 10.2. The first-order valence-electron chi connectivity index (χ1n) is 8.95. The molecular weight excluding hydrogens is 432 g/mol. The highest BCUT2D eigenvalue weighted by Crippen LogP contribution is 2.34. The molecule has 0 fully saturated rings. The number of aromatic nitrogens is 7. The van der Waals surface area contributed by atoms with E-state index in [0.29, 0.717) is 23.0 Å². The summed E-state index contributed by atoms with van der Waals surface area (Å²) < 4.78 is 31.3. The Labute approximate surface area is 175 Å². The summed E-state index contributed by atoms with van der Waals surface area (Å²) in [7, 11) is 1.77. The second-order valence-corrected chi connectivity index (χ2v) is 8.90. The third-order valence-corrected chi connectivity index (χ3v) is 6.93. The van der Waals surface area contributed by atoms with Crippen LogP contribution in [0.3, 0.4) is 0 Å². The summed E-state index contributed by atoms with van der Waals surface area (Å²) in [5, 5.41) is 12.7. The van der Waals surface area contributed by atoms with E-state index in [1.54, 1.807) is 24.0 Å². The summed E-state index contributed by atoms with van der Waals surface area (Å²) in [5.74, 6) is -3.02. The molecular formula is C18H15F2N7OS2. The standard InChI is InChI=1S/C18H15F2N7OS2/c1-18(19,20)15-11(21-8-29-15)7-27-17(28)13-10(6-23-27)14-16(26(13)2)24-12(30-14)5-9-3-4-22-25-9/h3-4,6,8H,5,7H2,1-2H3,(H,22,25). The molecule has 5 rings (SSSR count). The van der Waals surface area contributed by atoms with Gasteiger partial charge in [-0.1, -0.05) is 0 Å². The lowest BCUT2D eigenvalue weighted by Gasteiger charge is -2.10. The molecule has 5 heterocycles. The van der Waals surface area contributed by atoms with Crippen LogP contribution in [0.1, 0.15) is 28.2 Å². The summed E-state index contributed by atoms with van der Waals surface area (Å²) in [5.41, 5.74) is 3.22. The van der Waals surface area contributed by atoms with Gasteiger partial charge in [-0.3, -0.25) is 9.89 Å². The van der Waals surface area contributed by atoms with E-state index >= 15 is 0 Å². The number of H-pyrrole nitrogens is 1. The zero-order valence-electron chi connectivity index (χ0n) is 15.9. The smallest absolute Gasteiger partial charge is 0.291 e. The number of aromatic amines is 1. The van der Waals surface area contributed by atoms with Crippen molar-refractivity contribution in [3.63, 3.8) is 0 Å². The average molecular weight is 447 g/mol. The Bertz CT molecular complexity index is 1420. The minimum absolute atomic E-state index is 0.117. The van der Waals surface area contributed by atoms with Crippen molar-refractivity contribution in [2.45, 2.75) is 25.8 Å². The van der Waals surface area contributed by atoms with Crippen molar-refractivity contribution in [2.24, 2.45) is 7.05 Å². The largest absolute Gasteiger partial charge is 0.323 e. The van der Waals surface area contributed by atoms with E-state index in [2.05, 4.69) is 25.3 Å². The molecule has 0 aliphatic carbocycles. The van der Waals surface area contributed by atoms with Gasteiger partial charge in [-0.15, -0.1) is 22.7 Å². The van der Waals surface area contributed by atoms with E-state index < -0.39 is 5.92 Å². The molecule has 5 aromatic rings. The van der Waals surface area contributed by atoms with Crippen molar-refractivity contribution in [1.82, 2.24) is 34.5 Å². The van der Waals surface area contributed by atoms with Crippen molar-refractivity contribution in [1.29, 1.82) is 0 Å². The number of fused-ring (bicyclic) bond motifs is 3. The molecule has 8 nitrogen and oxygen atoms in total. The Kier molecular flexibility index (Phi) is 4.29. The third-order valence-electron chi connectivity index (χ3n) is 4.81. The van der Waals surface area contributed by atoms with Gasteiger partial charge in [-0.2, -0.15) is 10.2 Å². The van der Waals surface area contributed by atoms with Crippen LogP contribution < -0.4 is 5.56 Å². The number of alkyl halides is 2. The molecule has 0 aliphatic heterocycles. The SMILES string of the molecule is Cn1c2nc(Cc3ccn[nH]3)sc2c2cnn(Cc3ncsc3C(C)(F)F)c(=O)c21. The number of aryl methyl sites for hydroxylation is 1. The third kappa shape index (κ3) is 3.03. The molecule has 12 heteroatoms. The van der Waals surface area contributed by atoms with Crippen LogP contribution in [0.2, 0.25) is 0 Å². The maximum Gasteiger partial charge on any atom is 0.291 e. The van der Waals surface area contributed by atoms with Gasteiger partial charge < -0.3 is 4.57 Å². The summed E-state index contributed by atoms with van der Waals surface area (Å²) >= 11 is 2.37. The van der Waals surface area contributed by atoms with Crippen LogP contribution in [0, 0.1) is 0 Å². The van der Waals surface area contributed by atoms with Crippen molar-refractivity contribution in [2.75, 3.05) is 0 Å². The quantitative estimate of drug-likeness (QED) is 0.446. The van der Waals surface area contributed by atoms with Crippen LogP contribution >= 0.6 is 22.7 Å². The highest BCUT2D eigenvalue weighted by molar-refractivity contribution is 7.19. The van der Waals surface area contributed by atoms with Gasteiger partial charge in [-0.05, 0) is 6.07 Å². The predicted octanol–water partition coefficient (Wildman–Crippen LogP) is 3.28. The first-order valence-corrected chi connectivity index (χ1v) is 10.7. The topological polar surface area (TPSA) is 94.3 Å². The number of hydrogen-bond donors (Lipinski definition) is 1. The maximum absolute atomic E-state index is 13.8. The van der Waals surface area contributed by atoms with Crippen LogP contribution in [0.25, 0.3) is 21.3 Å². The van der Waals surface area contributed by atoms with Gasteiger partial charge in [0.1, 0.15) is 10.5 Å². The molecule has 0 saturated heterocycles. The summed E-state index contributed by atoms with van der Waals surface area (Å²) in [6.07, 6.45) is 3.89. The second-order valence-electron chi connectivity index (χ2n) is 6.96. The van der Waals surface area contributed by atoms with Crippen LogP contribution in [-0.4, -0.2) is 34.5 Å². The van der Waals surface area contributed by atoms with E-state index in [0.717, 1.165) is 33.7 Å². The Hall–Kier alpha value is -2.99. The minimum atomic E-state index is -3.02. The Morgan fingerprint density at radius 2 is 2.17 bits per heavy atom. The Morgan fingerprint density at radius 1 is 1.33 bits per heavy atom. The number of nitrogens with one attached hydrogen (secondary N) is 1. The molecule has 0 atom stereocenters. The van der Waals surface area contributed by atoms with Crippen molar-refractivity contribution >= 4 is 43.9 Å². The van der Waals surface area contributed by atoms with E-state index in [1.165, 1.54) is 21.5 Å². The molecule has 0 unspecified atom stereocenters. The Morgan fingerprint density at radius 3 is 2.90 bits per heavy atom. The van der Waals surface area contributed by atoms with Crippen LogP contribution in [0.4, 0.5) is 8.78 Å². The highest BCUT2D eigenvalue weighted by Gasteiger charge is 2.30. The summed E-state index contributed by atoms with van der Waals surface area (Å²) in [4.78, 5) is 21.6. The van der Waals surface area contributed by atoms with Crippen molar-refractivity contribution in [3.8, 4) is 0 Å². The van der Waals surface area contributed by atoms with Gasteiger partial charge in [0, 0.05) is 37.7 Å².